The summed E-state index contributed by atoms with van der Waals surface area (Å²) < 4.78 is 0. The lowest BCUT2D eigenvalue weighted by Gasteiger charge is -2.53. The monoisotopic (exact) mass is 533 g/mol. The molecule has 2 aliphatic heterocycles. The lowest BCUT2D eigenvalue weighted by atomic mass is 9.58. The number of amides is 3. The van der Waals surface area contributed by atoms with Gasteiger partial charge in [-0.25, -0.2) is 4.79 Å². The first-order valence-electron chi connectivity index (χ1n) is 15.9. The average molecular weight is 534 g/mol. The Morgan fingerprint density at radius 3 is 1.76 bits per heavy atom. The molecule has 0 radical (unpaired) electrons. The van der Waals surface area contributed by atoms with Gasteiger partial charge in [0.05, 0.1) is 0 Å². The van der Waals surface area contributed by atoms with Gasteiger partial charge in [-0.2, -0.15) is 0 Å². The van der Waals surface area contributed by atoms with Gasteiger partial charge in [0, 0.05) is 44.2 Å². The molecule has 222 valence electrons. The number of hydrogen-bond donors (Lipinski definition) is 0. The first-order valence-corrected chi connectivity index (χ1v) is 15.9. The van der Waals surface area contributed by atoms with Gasteiger partial charge in [-0.05, 0) is 60.2 Å². The highest BCUT2D eigenvalue weighted by Gasteiger charge is 2.52. The highest BCUT2D eigenvalue weighted by molar-refractivity contribution is 5.78. The van der Waals surface area contributed by atoms with E-state index in [1.807, 2.05) is 0 Å². The van der Waals surface area contributed by atoms with Crippen LogP contribution in [0.3, 0.4) is 0 Å². The zero-order valence-electron chi connectivity index (χ0n) is 27.4. The maximum atomic E-state index is 14.3. The summed E-state index contributed by atoms with van der Waals surface area (Å²) in [6.07, 6.45) is 8.94. The van der Waals surface area contributed by atoms with Crippen molar-refractivity contribution in [2.75, 3.05) is 19.6 Å². The van der Waals surface area contributed by atoms with Crippen LogP contribution in [0.25, 0.3) is 0 Å². The van der Waals surface area contributed by atoms with Crippen molar-refractivity contribution in [2.24, 2.45) is 21.7 Å². The number of likely N-dealkylation sites (tertiary alicyclic amines) is 1. The normalized spacial score (nSPS) is 20.5. The van der Waals surface area contributed by atoms with Crippen LogP contribution in [0.2, 0.25) is 0 Å². The Morgan fingerprint density at radius 2 is 1.32 bits per heavy atom. The van der Waals surface area contributed by atoms with Crippen molar-refractivity contribution in [3.63, 3.8) is 0 Å². The van der Waals surface area contributed by atoms with Gasteiger partial charge in [0.15, 0.2) is 0 Å². The summed E-state index contributed by atoms with van der Waals surface area (Å²) in [6, 6.07) is 0.928. The third-order valence-corrected chi connectivity index (χ3v) is 11.2. The van der Waals surface area contributed by atoms with Crippen LogP contribution in [0.5, 0.6) is 0 Å². The molecular weight excluding hydrogens is 470 g/mol. The first kappa shape index (κ1) is 32.9. The molecule has 3 atom stereocenters. The Morgan fingerprint density at radius 1 is 0.737 bits per heavy atom. The molecule has 0 aromatic carbocycles. The Hall–Kier alpha value is -1.26. The lowest BCUT2D eigenvalue weighted by molar-refractivity contribution is -0.131. The van der Waals surface area contributed by atoms with Gasteiger partial charge in [0.1, 0.15) is 0 Å². The van der Waals surface area contributed by atoms with E-state index in [9.17, 15) is 9.59 Å². The van der Waals surface area contributed by atoms with Crippen molar-refractivity contribution in [3.8, 4) is 0 Å². The molecule has 0 saturated carbocycles. The molecule has 2 rings (SSSR count). The standard InChI is InChI=1S/C33H63N3O2/c1-13-18-26(31(7,8)16-4)35-21-22-36(29(35)38)27(24-30(5,6)15-3)33(11,12)32(9,10)23-25(14-2)34-20-17-19-28(34)37/h25-27H,13-24H2,1-12H3. The molecule has 2 aliphatic rings. The van der Waals surface area contributed by atoms with E-state index in [1.54, 1.807) is 0 Å². The molecule has 3 unspecified atom stereocenters. The van der Waals surface area contributed by atoms with E-state index in [0.29, 0.717) is 12.3 Å². The zero-order valence-corrected chi connectivity index (χ0v) is 27.4. The van der Waals surface area contributed by atoms with E-state index >= 15 is 0 Å². The average Bonchev–Trinajstić information content (AvgIpc) is 3.44. The fourth-order valence-electron chi connectivity index (χ4n) is 6.88. The smallest absolute Gasteiger partial charge is 0.320 e. The Labute approximate surface area is 236 Å². The van der Waals surface area contributed by atoms with Crippen molar-refractivity contribution >= 4 is 11.9 Å². The highest BCUT2D eigenvalue weighted by Crippen LogP contribution is 2.51. The summed E-state index contributed by atoms with van der Waals surface area (Å²) in [5, 5.41) is 0. The molecule has 0 spiro atoms. The minimum atomic E-state index is -0.123. The van der Waals surface area contributed by atoms with Gasteiger partial charge in [0.25, 0.3) is 0 Å². The molecular formula is C33H63N3O2. The highest BCUT2D eigenvalue weighted by atomic mass is 16.2. The van der Waals surface area contributed by atoms with E-state index in [1.165, 1.54) is 0 Å². The zero-order chi connectivity index (χ0) is 29.1. The second-order valence-electron chi connectivity index (χ2n) is 15.1. The fraction of sp³-hybridized carbons (Fsp3) is 0.939. The largest absolute Gasteiger partial charge is 0.340 e. The Balaban J connectivity index is 2.43. The molecule has 38 heavy (non-hydrogen) atoms. The SMILES string of the molecule is CCCC(N1CCN(C(CC(C)(C)CC)C(C)(C)C(C)(C)CC(CC)N2CCCC2=O)C1=O)C(C)(C)CC. The molecule has 2 fully saturated rings. The molecule has 0 aromatic rings. The molecule has 5 nitrogen and oxygen atoms in total. The number of urea groups is 1. The van der Waals surface area contributed by atoms with Crippen LogP contribution < -0.4 is 0 Å². The quantitative estimate of drug-likeness (QED) is 0.212. The van der Waals surface area contributed by atoms with Gasteiger partial charge >= 0.3 is 6.03 Å². The number of hydrogen-bond acceptors (Lipinski definition) is 2. The molecule has 2 saturated heterocycles. The third kappa shape index (κ3) is 6.89. The number of carbonyl (C=O) groups is 2. The first-order chi connectivity index (χ1) is 17.5. The summed E-state index contributed by atoms with van der Waals surface area (Å²) >= 11 is 0. The van der Waals surface area contributed by atoms with Crippen LogP contribution in [-0.4, -0.2) is 64.4 Å². The van der Waals surface area contributed by atoms with Crippen molar-refractivity contribution in [2.45, 2.75) is 159 Å². The van der Waals surface area contributed by atoms with Crippen LogP contribution in [0.1, 0.15) is 141 Å². The maximum absolute atomic E-state index is 14.3. The number of rotatable bonds is 15. The topological polar surface area (TPSA) is 43.9 Å². The summed E-state index contributed by atoms with van der Waals surface area (Å²) in [5.74, 6) is 0.319. The van der Waals surface area contributed by atoms with Gasteiger partial charge in [-0.3, -0.25) is 4.79 Å². The van der Waals surface area contributed by atoms with E-state index < -0.39 is 0 Å². The lowest BCUT2D eigenvalue weighted by Crippen LogP contribution is -2.56. The van der Waals surface area contributed by atoms with E-state index in [-0.39, 0.29) is 45.8 Å². The van der Waals surface area contributed by atoms with Crippen LogP contribution in [0.4, 0.5) is 4.79 Å². The summed E-state index contributed by atoms with van der Waals surface area (Å²) in [5.41, 5.74) is 0.0731. The predicted octanol–water partition coefficient (Wildman–Crippen LogP) is 8.37. The fourth-order valence-corrected chi connectivity index (χ4v) is 6.88. The predicted molar refractivity (Wildman–Crippen MR) is 161 cm³/mol. The second-order valence-corrected chi connectivity index (χ2v) is 15.1. The molecule has 0 aromatic heterocycles. The van der Waals surface area contributed by atoms with Crippen LogP contribution in [-0.2, 0) is 4.79 Å². The molecule has 0 aliphatic carbocycles. The third-order valence-electron chi connectivity index (χ3n) is 11.2. The van der Waals surface area contributed by atoms with Crippen molar-refractivity contribution < 1.29 is 9.59 Å². The molecule has 0 N–H and O–H groups in total. The van der Waals surface area contributed by atoms with Gasteiger partial charge < -0.3 is 14.7 Å². The summed E-state index contributed by atoms with van der Waals surface area (Å²) in [7, 11) is 0. The van der Waals surface area contributed by atoms with Gasteiger partial charge in [0.2, 0.25) is 5.91 Å². The van der Waals surface area contributed by atoms with Crippen LogP contribution in [0.15, 0.2) is 0 Å². The number of nitrogens with zero attached hydrogens (tertiary/aromatic N) is 3. The molecule has 0 bridgehead atoms. The van der Waals surface area contributed by atoms with Crippen LogP contribution in [0, 0.1) is 21.7 Å². The van der Waals surface area contributed by atoms with E-state index in [0.717, 1.165) is 71.0 Å². The van der Waals surface area contributed by atoms with Crippen LogP contribution >= 0.6 is 0 Å². The maximum Gasteiger partial charge on any atom is 0.320 e. The summed E-state index contributed by atoms with van der Waals surface area (Å²) in [6.45, 7) is 30.5. The molecule has 3 amide bonds. The second kappa shape index (κ2) is 12.5. The van der Waals surface area contributed by atoms with Gasteiger partial charge in [-0.15, -0.1) is 0 Å². The minimum Gasteiger partial charge on any atom is -0.340 e. The van der Waals surface area contributed by atoms with Crippen molar-refractivity contribution in [3.05, 3.63) is 0 Å². The Kier molecular flexibility index (Phi) is 10.8. The summed E-state index contributed by atoms with van der Waals surface area (Å²) in [4.78, 5) is 33.6. The van der Waals surface area contributed by atoms with Gasteiger partial charge in [-0.1, -0.05) is 95.9 Å². The van der Waals surface area contributed by atoms with Crippen molar-refractivity contribution in [1.82, 2.24) is 14.7 Å². The minimum absolute atomic E-state index is 0.0513. The molecule has 2 heterocycles. The number of carbonyl (C=O) groups excluding carboxylic acids is 2. The molecule has 5 heteroatoms. The Bertz CT molecular complexity index is 800. The van der Waals surface area contributed by atoms with Crippen molar-refractivity contribution in [1.29, 1.82) is 0 Å². The van der Waals surface area contributed by atoms with E-state index in [2.05, 4.69) is 97.8 Å². The van der Waals surface area contributed by atoms with E-state index in [4.69, 9.17) is 0 Å².